The Hall–Kier alpha value is -2.28. The Morgan fingerprint density at radius 2 is 2.18 bits per heavy atom. The summed E-state index contributed by atoms with van der Waals surface area (Å²) < 4.78 is 5.56. The summed E-state index contributed by atoms with van der Waals surface area (Å²) in [7, 11) is 1.72. The first-order chi connectivity index (χ1) is 10.7. The van der Waals surface area contributed by atoms with Crippen LogP contribution in [0.15, 0.2) is 24.3 Å². The van der Waals surface area contributed by atoms with Crippen LogP contribution in [0.2, 0.25) is 0 Å². The van der Waals surface area contributed by atoms with Crippen LogP contribution in [-0.2, 0) is 11.8 Å². The van der Waals surface area contributed by atoms with E-state index in [1.165, 1.54) is 4.80 Å². The first-order valence-electron chi connectivity index (χ1n) is 7.47. The first kappa shape index (κ1) is 13.4. The molecule has 7 nitrogen and oxygen atoms in total. The Labute approximate surface area is 127 Å². The summed E-state index contributed by atoms with van der Waals surface area (Å²) in [5, 5.41) is 15.0. The molecule has 4 rings (SSSR count). The fourth-order valence-corrected chi connectivity index (χ4v) is 3.19. The van der Waals surface area contributed by atoms with Crippen molar-refractivity contribution >= 4 is 5.91 Å². The van der Waals surface area contributed by atoms with Crippen molar-refractivity contribution < 1.29 is 9.53 Å². The van der Waals surface area contributed by atoms with Crippen molar-refractivity contribution in [1.82, 2.24) is 25.5 Å². The molecule has 1 saturated carbocycles. The third-order valence-electron chi connectivity index (χ3n) is 4.49. The summed E-state index contributed by atoms with van der Waals surface area (Å²) >= 11 is 0. The number of amides is 1. The van der Waals surface area contributed by atoms with Crippen LogP contribution in [-0.4, -0.2) is 44.9 Å². The maximum Gasteiger partial charge on any atom is 0.251 e. The van der Waals surface area contributed by atoms with E-state index in [0.717, 1.165) is 25.0 Å². The van der Waals surface area contributed by atoms with E-state index in [4.69, 9.17) is 4.74 Å². The molecule has 0 unspecified atom stereocenters. The third kappa shape index (κ3) is 2.27. The lowest BCUT2D eigenvalue weighted by Gasteiger charge is -2.39. The number of carbonyl (C=O) groups is 1. The van der Waals surface area contributed by atoms with Gasteiger partial charge in [0, 0.05) is 29.7 Å². The van der Waals surface area contributed by atoms with Crippen molar-refractivity contribution in [3.05, 3.63) is 29.8 Å². The number of rotatable bonds is 3. The van der Waals surface area contributed by atoms with Crippen LogP contribution in [0.5, 0.6) is 0 Å². The van der Waals surface area contributed by atoms with Crippen LogP contribution < -0.4 is 5.32 Å². The van der Waals surface area contributed by atoms with E-state index in [1.807, 2.05) is 12.1 Å². The van der Waals surface area contributed by atoms with Crippen molar-refractivity contribution in [2.75, 3.05) is 6.61 Å². The van der Waals surface area contributed by atoms with E-state index in [9.17, 15) is 4.79 Å². The summed E-state index contributed by atoms with van der Waals surface area (Å²) in [6, 6.07) is 7.52. The lowest BCUT2D eigenvalue weighted by molar-refractivity contribution is 0.00810. The molecule has 1 aliphatic heterocycles. The SMILES string of the molecule is Cn1nnc(-c2ccc(C(=O)N[C@H]3C[C@@H]4OCC[C@H]34)cc2)n1. The Morgan fingerprint density at radius 3 is 2.86 bits per heavy atom. The maximum absolute atomic E-state index is 12.3. The van der Waals surface area contributed by atoms with Crippen LogP contribution in [0.25, 0.3) is 11.4 Å². The normalized spacial score (nSPS) is 26.3. The molecule has 1 N–H and O–H groups in total. The van der Waals surface area contributed by atoms with Gasteiger partial charge < -0.3 is 10.1 Å². The molecule has 22 heavy (non-hydrogen) atoms. The number of nitrogens with zero attached hydrogens (tertiary/aromatic N) is 4. The zero-order valence-corrected chi connectivity index (χ0v) is 12.3. The van der Waals surface area contributed by atoms with Crippen molar-refractivity contribution in [3.63, 3.8) is 0 Å². The van der Waals surface area contributed by atoms with Crippen LogP contribution in [0, 0.1) is 5.92 Å². The van der Waals surface area contributed by atoms with Gasteiger partial charge in [-0.05, 0) is 30.2 Å². The molecule has 0 bridgehead atoms. The van der Waals surface area contributed by atoms with E-state index in [-0.39, 0.29) is 11.9 Å². The molecule has 7 heteroatoms. The van der Waals surface area contributed by atoms with E-state index in [1.54, 1.807) is 19.2 Å². The number of ether oxygens (including phenoxy) is 1. The number of aryl methyl sites for hydroxylation is 1. The largest absolute Gasteiger partial charge is 0.378 e. The van der Waals surface area contributed by atoms with Gasteiger partial charge in [0.05, 0.1) is 13.2 Å². The topological polar surface area (TPSA) is 81.9 Å². The van der Waals surface area contributed by atoms with Gasteiger partial charge in [-0.2, -0.15) is 4.80 Å². The van der Waals surface area contributed by atoms with Gasteiger partial charge in [0.15, 0.2) is 0 Å². The van der Waals surface area contributed by atoms with Gasteiger partial charge in [0.25, 0.3) is 5.91 Å². The second kappa shape index (κ2) is 5.17. The van der Waals surface area contributed by atoms with Crippen molar-refractivity contribution in [2.24, 2.45) is 13.0 Å². The molecule has 0 radical (unpaired) electrons. The average Bonchev–Trinajstić information content (AvgIpc) is 3.11. The van der Waals surface area contributed by atoms with Crippen molar-refractivity contribution in [1.29, 1.82) is 0 Å². The summed E-state index contributed by atoms with van der Waals surface area (Å²) in [6.07, 6.45) is 2.33. The molecule has 1 amide bonds. The minimum Gasteiger partial charge on any atom is -0.378 e. The number of fused-ring (bicyclic) bond motifs is 1. The smallest absolute Gasteiger partial charge is 0.251 e. The van der Waals surface area contributed by atoms with Gasteiger partial charge in [-0.25, -0.2) is 0 Å². The molecule has 2 aromatic rings. The Kier molecular flexibility index (Phi) is 3.15. The zero-order chi connectivity index (χ0) is 15.1. The van der Waals surface area contributed by atoms with Crippen LogP contribution in [0.3, 0.4) is 0 Å². The Morgan fingerprint density at radius 1 is 1.36 bits per heavy atom. The highest BCUT2D eigenvalue weighted by atomic mass is 16.5. The molecule has 1 aromatic heterocycles. The molecule has 2 aliphatic rings. The van der Waals surface area contributed by atoms with Crippen molar-refractivity contribution in [3.8, 4) is 11.4 Å². The molecule has 2 heterocycles. The van der Waals surface area contributed by atoms with Gasteiger partial charge in [0.2, 0.25) is 5.82 Å². The minimum atomic E-state index is -0.0333. The van der Waals surface area contributed by atoms with Crippen LogP contribution >= 0.6 is 0 Å². The fraction of sp³-hybridized carbons (Fsp3) is 0.467. The Balaban J connectivity index is 1.43. The minimum absolute atomic E-state index is 0.0333. The van der Waals surface area contributed by atoms with Gasteiger partial charge in [0.1, 0.15) is 0 Å². The molecular formula is C15H17N5O2. The molecule has 2 fully saturated rings. The predicted molar refractivity (Wildman–Crippen MR) is 78.0 cm³/mol. The molecule has 1 saturated heterocycles. The standard InChI is InChI=1S/C15H17N5O2/c1-20-18-14(17-19-20)9-2-4-10(5-3-9)15(21)16-12-8-13-11(12)6-7-22-13/h2-5,11-13H,6-8H2,1H3,(H,16,21)/t11-,12+,13+/m1/s1. The highest BCUT2D eigenvalue weighted by Crippen LogP contribution is 2.38. The number of tetrazole rings is 1. The van der Waals surface area contributed by atoms with E-state index >= 15 is 0 Å². The number of hydrogen-bond acceptors (Lipinski definition) is 5. The number of aromatic nitrogens is 4. The first-order valence-corrected chi connectivity index (χ1v) is 7.47. The second-order valence-electron chi connectivity index (χ2n) is 5.86. The third-order valence-corrected chi connectivity index (χ3v) is 4.49. The van der Waals surface area contributed by atoms with Crippen LogP contribution in [0.4, 0.5) is 0 Å². The highest BCUT2D eigenvalue weighted by molar-refractivity contribution is 5.94. The zero-order valence-electron chi connectivity index (χ0n) is 12.3. The fourth-order valence-electron chi connectivity index (χ4n) is 3.19. The number of hydrogen-bond donors (Lipinski definition) is 1. The monoisotopic (exact) mass is 299 g/mol. The molecule has 114 valence electrons. The summed E-state index contributed by atoms with van der Waals surface area (Å²) in [5.74, 6) is 1.01. The molecule has 1 aromatic carbocycles. The van der Waals surface area contributed by atoms with E-state index < -0.39 is 0 Å². The predicted octanol–water partition coefficient (Wildman–Crippen LogP) is 0.784. The molecule has 0 spiro atoms. The van der Waals surface area contributed by atoms with Gasteiger partial charge in [-0.1, -0.05) is 12.1 Å². The summed E-state index contributed by atoms with van der Waals surface area (Å²) in [6.45, 7) is 0.821. The van der Waals surface area contributed by atoms with E-state index in [0.29, 0.717) is 23.4 Å². The summed E-state index contributed by atoms with van der Waals surface area (Å²) in [4.78, 5) is 13.7. The quantitative estimate of drug-likeness (QED) is 0.906. The lowest BCUT2D eigenvalue weighted by atomic mass is 9.76. The number of nitrogens with one attached hydrogen (secondary N) is 1. The summed E-state index contributed by atoms with van der Waals surface area (Å²) in [5.41, 5.74) is 1.49. The lowest BCUT2D eigenvalue weighted by Crippen LogP contribution is -2.53. The molecule has 1 aliphatic carbocycles. The Bertz CT molecular complexity index is 696. The van der Waals surface area contributed by atoms with Crippen LogP contribution in [0.1, 0.15) is 23.2 Å². The maximum atomic E-state index is 12.3. The second-order valence-corrected chi connectivity index (χ2v) is 5.86. The van der Waals surface area contributed by atoms with Gasteiger partial charge in [-0.15, -0.1) is 10.2 Å². The van der Waals surface area contributed by atoms with Gasteiger partial charge >= 0.3 is 0 Å². The van der Waals surface area contributed by atoms with E-state index in [2.05, 4.69) is 20.7 Å². The highest BCUT2D eigenvalue weighted by Gasteiger charge is 2.45. The number of benzene rings is 1. The van der Waals surface area contributed by atoms with Crippen molar-refractivity contribution in [2.45, 2.75) is 25.0 Å². The molecular weight excluding hydrogens is 282 g/mol. The number of carbonyl (C=O) groups excluding carboxylic acids is 1. The van der Waals surface area contributed by atoms with Gasteiger partial charge in [-0.3, -0.25) is 4.79 Å². The molecule has 3 atom stereocenters. The average molecular weight is 299 g/mol.